The third kappa shape index (κ3) is 4.91. The molecule has 0 saturated heterocycles. The third-order valence-electron chi connectivity index (χ3n) is 8.63. The standard InChI is InChI=1S/C42H31NO/c1-3-9-30(10-4-1)32-15-22-36(23-16-32)43(37-24-17-33(18-25-37)31-11-5-2-6-12-31)38-26-19-34(20-27-38)35-21-28-42-40(29-35)39-13-7-8-14-41(39)44-42/h1-17,19-24,26-29H,18,25H2. The zero-order chi connectivity index (χ0) is 29.3. The van der Waals surface area contributed by atoms with Crippen molar-refractivity contribution in [1.29, 1.82) is 0 Å². The van der Waals surface area contributed by atoms with Crippen LogP contribution >= 0.6 is 0 Å². The van der Waals surface area contributed by atoms with Gasteiger partial charge in [-0.25, -0.2) is 0 Å². The zero-order valence-corrected chi connectivity index (χ0v) is 24.4. The van der Waals surface area contributed by atoms with E-state index in [4.69, 9.17) is 4.42 Å². The van der Waals surface area contributed by atoms with Crippen LogP contribution < -0.4 is 4.90 Å². The number of rotatable bonds is 6. The minimum absolute atomic E-state index is 0.920. The normalized spacial score (nSPS) is 13.1. The maximum Gasteiger partial charge on any atom is 0.135 e. The van der Waals surface area contributed by atoms with Crippen molar-refractivity contribution < 1.29 is 4.42 Å². The first-order valence-corrected chi connectivity index (χ1v) is 15.2. The van der Waals surface area contributed by atoms with Gasteiger partial charge in [-0.1, -0.05) is 115 Å². The van der Waals surface area contributed by atoms with Gasteiger partial charge in [0.05, 0.1) is 0 Å². The first kappa shape index (κ1) is 26.1. The van der Waals surface area contributed by atoms with Crippen molar-refractivity contribution in [2.24, 2.45) is 0 Å². The van der Waals surface area contributed by atoms with Gasteiger partial charge in [0.15, 0.2) is 0 Å². The molecule has 6 aromatic carbocycles. The molecule has 1 aliphatic rings. The van der Waals surface area contributed by atoms with Crippen molar-refractivity contribution in [2.45, 2.75) is 12.8 Å². The molecule has 7 aromatic rings. The van der Waals surface area contributed by atoms with Gasteiger partial charge in [0.25, 0.3) is 0 Å². The summed E-state index contributed by atoms with van der Waals surface area (Å²) in [5.74, 6) is 0. The van der Waals surface area contributed by atoms with Crippen LogP contribution in [0.3, 0.4) is 0 Å². The van der Waals surface area contributed by atoms with E-state index in [1.165, 1.54) is 39.1 Å². The average molecular weight is 566 g/mol. The molecule has 0 N–H and O–H groups in total. The summed E-state index contributed by atoms with van der Waals surface area (Å²) in [4.78, 5) is 2.41. The van der Waals surface area contributed by atoms with Gasteiger partial charge >= 0.3 is 0 Å². The van der Waals surface area contributed by atoms with Gasteiger partial charge in [0.2, 0.25) is 0 Å². The molecule has 210 valence electrons. The van der Waals surface area contributed by atoms with Crippen LogP contribution in [-0.4, -0.2) is 0 Å². The highest BCUT2D eigenvalue weighted by Crippen LogP contribution is 2.38. The van der Waals surface area contributed by atoms with Crippen molar-refractivity contribution in [3.05, 3.63) is 175 Å². The summed E-state index contributed by atoms with van der Waals surface area (Å²) in [7, 11) is 0. The molecule has 1 aromatic heterocycles. The maximum atomic E-state index is 6.06. The Balaban J connectivity index is 1.16. The topological polar surface area (TPSA) is 16.4 Å². The van der Waals surface area contributed by atoms with E-state index in [0.717, 1.165) is 46.2 Å². The van der Waals surface area contributed by atoms with Gasteiger partial charge in [-0.3, -0.25) is 0 Å². The Labute approximate surface area is 257 Å². The quantitative estimate of drug-likeness (QED) is 0.199. The highest BCUT2D eigenvalue weighted by molar-refractivity contribution is 6.06. The van der Waals surface area contributed by atoms with Crippen LogP contribution in [0.25, 0.3) is 49.8 Å². The van der Waals surface area contributed by atoms with E-state index in [1.54, 1.807) is 0 Å². The molecule has 0 atom stereocenters. The van der Waals surface area contributed by atoms with E-state index in [-0.39, 0.29) is 0 Å². The number of benzene rings is 6. The molecular formula is C42H31NO. The van der Waals surface area contributed by atoms with Crippen LogP contribution in [0.1, 0.15) is 18.4 Å². The van der Waals surface area contributed by atoms with Crippen molar-refractivity contribution in [3.8, 4) is 22.3 Å². The first-order chi connectivity index (χ1) is 21.8. The van der Waals surface area contributed by atoms with Gasteiger partial charge in [0.1, 0.15) is 11.2 Å². The largest absolute Gasteiger partial charge is 0.456 e. The van der Waals surface area contributed by atoms with Gasteiger partial charge in [0, 0.05) is 27.8 Å². The van der Waals surface area contributed by atoms with E-state index in [9.17, 15) is 0 Å². The Morgan fingerprint density at radius 1 is 0.409 bits per heavy atom. The number of hydrogen-bond acceptors (Lipinski definition) is 2. The van der Waals surface area contributed by atoms with E-state index >= 15 is 0 Å². The lowest BCUT2D eigenvalue weighted by Crippen LogP contribution is -2.17. The number of hydrogen-bond donors (Lipinski definition) is 0. The molecule has 0 amide bonds. The zero-order valence-electron chi connectivity index (χ0n) is 24.4. The summed E-state index contributed by atoms with van der Waals surface area (Å²) >= 11 is 0. The molecule has 0 spiro atoms. The summed E-state index contributed by atoms with van der Waals surface area (Å²) in [5.41, 5.74) is 12.9. The lowest BCUT2D eigenvalue weighted by Gasteiger charge is -2.30. The van der Waals surface area contributed by atoms with E-state index in [1.807, 2.05) is 12.1 Å². The highest BCUT2D eigenvalue weighted by Gasteiger charge is 2.18. The van der Waals surface area contributed by atoms with Crippen LogP contribution in [-0.2, 0) is 0 Å². The smallest absolute Gasteiger partial charge is 0.135 e. The molecule has 0 radical (unpaired) electrons. The number of furan rings is 1. The van der Waals surface area contributed by atoms with Crippen LogP contribution in [0.2, 0.25) is 0 Å². The van der Waals surface area contributed by atoms with Gasteiger partial charge < -0.3 is 9.32 Å². The molecule has 2 heteroatoms. The molecule has 0 fully saturated rings. The lowest BCUT2D eigenvalue weighted by molar-refractivity contribution is 0.669. The fraction of sp³-hybridized carbons (Fsp3) is 0.0476. The maximum absolute atomic E-state index is 6.06. The van der Waals surface area contributed by atoms with Gasteiger partial charge in [-0.05, 0) is 94.8 Å². The van der Waals surface area contributed by atoms with Gasteiger partial charge in [-0.15, -0.1) is 0 Å². The van der Waals surface area contributed by atoms with Crippen molar-refractivity contribution >= 4 is 38.9 Å². The number of nitrogens with zero attached hydrogens (tertiary/aromatic N) is 1. The first-order valence-electron chi connectivity index (χ1n) is 15.2. The average Bonchev–Trinajstić information content (AvgIpc) is 3.48. The fourth-order valence-electron chi connectivity index (χ4n) is 6.33. The molecule has 1 heterocycles. The molecule has 0 saturated carbocycles. The second kappa shape index (κ2) is 11.2. The number of anilines is 2. The summed E-state index contributed by atoms with van der Waals surface area (Å²) in [6.07, 6.45) is 6.56. The molecular weight excluding hydrogens is 534 g/mol. The van der Waals surface area contributed by atoms with E-state index < -0.39 is 0 Å². The molecule has 2 nitrogen and oxygen atoms in total. The Hall–Kier alpha value is -5.60. The SMILES string of the molecule is C1=C(c2ccccc2)CCC(N(c2ccc(-c3ccccc3)cc2)c2ccc(-c3ccc4oc5ccccc5c4c3)cc2)=C1. The lowest BCUT2D eigenvalue weighted by atomic mass is 9.94. The second-order valence-electron chi connectivity index (χ2n) is 11.3. The Kier molecular flexibility index (Phi) is 6.66. The molecule has 1 aliphatic carbocycles. The van der Waals surface area contributed by atoms with Crippen LogP contribution in [0, 0.1) is 0 Å². The number of fused-ring (bicyclic) bond motifs is 3. The summed E-state index contributed by atoms with van der Waals surface area (Å²) in [6.45, 7) is 0. The predicted octanol–water partition coefficient (Wildman–Crippen LogP) is 11.8. The minimum atomic E-state index is 0.920. The van der Waals surface area contributed by atoms with E-state index in [0.29, 0.717) is 0 Å². The molecule has 0 unspecified atom stereocenters. The monoisotopic (exact) mass is 565 g/mol. The molecule has 0 aliphatic heterocycles. The number of allylic oxidation sites excluding steroid dienone is 4. The highest BCUT2D eigenvalue weighted by atomic mass is 16.3. The second-order valence-corrected chi connectivity index (χ2v) is 11.3. The molecule has 0 bridgehead atoms. The third-order valence-corrected chi connectivity index (χ3v) is 8.63. The van der Waals surface area contributed by atoms with Crippen LogP contribution in [0.15, 0.2) is 174 Å². The van der Waals surface area contributed by atoms with E-state index in [2.05, 4.69) is 157 Å². The van der Waals surface area contributed by atoms with Crippen molar-refractivity contribution in [2.75, 3.05) is 4.90 Å². The van der Waals surface area contributed by atoms with Crippen LogP contribution in [0.4, 0.5) is 11.4 Å². The summed E-state index contributed by atoms with van der Waals surface area (Å²) < 4.78 is 6.06. The Morgan fingerprint density at radius 3 is 1.61 bits per heavy atom. The van der Waals surface area contributed by atoms with Gasteiger partial charge in [-0.2, -0.15) is 0 Å². The fourth-order valence-corrected chi connectivity index (χ4v) is 6.33. The molecule has 44 heavy (non-hydrogen) atoms. The Morgan fingerprint density at radius 2 is 0.955 bits per heavy atom. The molecule has 8 rings (SSSR count). The number of para-hydroxylation sites is 1. The Bertz CT molecular complexity index is 2130. The van der Waals surface area contributed by atoms with Crippen LogP contribution in [0.5, 0.6) is 0 Å². The summed E-state index contributed by atoms with van der Waals surface area (Å²) in [5, 5.41) is 2.30. The minimum Gasteiger partial charge on any atom is -0.456 e. The van der Waals surface area contributed by atoms with Crippen molar-refractivity contribution in [3.63, 3.8) is 0 Å². The summed E-state index contributed by atoms with van der Waals surface area (Å²) in [6, 6.07) is 53.9. The van der Waals surface area contributed by atoms with Crippen molar-refractivity contribution in [1.82, 2.24) is 0 Å². The predicted molar refractivity (Wildman–Crippen MR) is 185 cm³/mol.